The molecule has 2 aromatic carbocycles. The SMILES string of the molecule is CCc1nn(-c2ccccc2)c2c1CN(C(=O)NC(C)C)[C@H](c1cccc(F)c1)c1cccn1-2. The fourth-order valence-electron chi connectivity index (χ4n) is 4.71. The van der Waals surface area contributed by atoms with Crippen molar-refractivity contribution in [3.63, 3.8) is 0 Å². The minimum Gasteiger partial charge on any atom is -0.336 e. The van der Waals surface area contributed by atoms with Gasteiger partial charge in [-0.25, -0.2) is 13.9 Å². The fourth-order valence-corrected chi connectivity index (χ4v) is 4.71. The lowest BCUT2D eigenvalue weighted by Gasteiger charge is -2.31. The van der Waals surface area contributed by atoms with E-state index < -0.39 is 6.04 Å². The second kappa shape index (κ2) is 8.82. The number of carbonyl (C=O) groups is 1. The largest absolute Gasteiger partial charge is 0.336 e. The van der Waals surface area contributed by atoms with Gasteiger partial charge in [0.2, 0.25) is 0 Å². The maximum absolute atomic E-state index is 14.3. The number of halogens is 1. The van der Waals surface area contributed by atoms with Gasteiger partial charge in [-0.1, -0.05) is 37.3 Å². The second-order valence-corrected chi connectivity index (χ2v) is 8.84. The average Bonchev–Trinajstić information content (AvgIpc) is 3.40. The normalized spacial score (nSPS) is 15.1. The van der Waals surface area contributed by atoms with E-state index in [1.807, 2.05) is 73.3 Å². The second-order valence-electron chi connectivity index (χ2n) is 8.84. The van der Waals surface area contributed by atoms with E-state index in [4.69, 9.17) is 5.10 Å². The molecular formula is C27H28FN5O. The Balaban J connectivity index is 1.77. The Morgan fingerprint density at radius 1 is 1.12 bits per heavy atom. The number of nitrogens with zero attached hydrogens (tertiary/aromatic N) is 4. The van der Waals surface area contributed by atoms with Crippen LogP contribution in [-0.4, -0.2) is 31.3 Å². The molecule has 0 aliphatic carbocycles. The van der Waals surface area contributed by atoms with Crippen molar-refractivity contribution in [3.05, 3.63) is 101 Å². The molecule has 2 amide bonds. The van der Waals surface area contributed by atoms with Gasteiger partial charge in [-0.15, -0.1) is 0 Å². The number of carbonyl (C=O) groups excluding carboxylic acids is 1. The van der Waals surface area contributed by atoms with Crippen LogP contribution >= 0.6 is 0 Å². The van der Waals surface area contributed by atoms with Gasteiger partial charge in [0.15, 0.2) is 0 Å². The summed E-state index contributed by atoms with van der Waals surface area (Å²) in [5.41, 5.74) is 4.46. The summed E-state index contributed by atoms with van der Waals surface area (Å²) in [6.07, 6.45) is 2.72. The Bertz CT molecular complexity index is 1320. The summed E-state index contributed by atoms with van der Waals surface area (Å²) in [5, 5.41) is 7.99. The van der Waals surface area contributed by atoms with Crippen LogP contribution in [-0.2, 0) is 13.0 Å². The summed E-state index contributed by atoms with van der Waals surface area (Å²) < 4.78 is 18.4. The Morgan fingerprint density at radius 3 is 2.62 bits per heavy atom. The molecule has 0 saturated carbocycles. The molecule has 1 aliphatic rings. The minimum absolute atomic E-state index is 0.0344. The molecule has 7 heteroatoms. The standard InChI is InChI=1S/C27H28FN5O/c1-4-23-22-17-32(27(34)29-18(2)3)25(19-10-8-11-20(28)16-19)24-14-9-15-31(24)26(22)33(30-23)21-12-6-5-7-13-21/h5-16,18,25H,4,17H2,1-3H3,(H,29,34)/t25-/m1/s1. The highest BCUT2D eigenvalue weighted by atomic mass is 19.1. The average molecular weight is 458 g/mol. The maximum atomic E-state index is 14.3. The molecule has 34 heavy (non-hydrogen) atoms. The fraction of sp³-hybridized carbons (Fsp3) is 0.259. The van der Waals surface area contributed by atoms with E-state index >= 15 is 0 Å². The maximum Gasteiger partial charge on any atom is 0.318 e. The summed E-state index contributed by atoms with van der Waals surface area (Å²) in [6, 6.07) is 19.8. The third-order valence-corrected chi connectivity index (χ3v) is 6.14. The van der Waals surface area contributed by atoms with Gasteiger partial charge in [-0.2, -0.15) is 5.10 Å². The van der Waals surface area contributed by atoms with Crippen molar-refractivity contribution in [1.82, 2.24) is 24.6 Å². The van der Waals surface area contributed by atoms with Gasteiger partial charge in [0.25, 0.3) is 0 Å². The van der Waals surface area contributed by atoms with Crippen molar-refractivity contribution < 1.29 is 9.18 Å². The first-order valence-electron chi connectivity index (χ1n) is 11.6. The lowest BCUT2D eigenvalue weighted by molar-refractivity contribution is 0.178. The van der Waals surface area contributed by atoms with Crippen LogP contribution in [0.3, 0.4) is 0 Å². The minimum atomic E-state index is -0.467. The third kappa shape index (κ3) is 3.77. The van der Waals surface area contributed by atoms with E-state index in [1.54, 1.807) is 11.0 Å². The first-order valence-corrected chi connectivity index (χ1v) is 11.6. The summed E-state index contributed by atoms with van der Waals surface area (Å²) in [6.45, 7) is 6.30. The van der Waals surface area contributed by atoms with E-state index in [9.17, 15) is 9.18 Å². The van der Waals surface area contributed by atoms with Crippen molar-refractivity contribution in [2.24, 2.45) is 0 Å². The van der Waals surface area contributed by atoms with Crippen LogP contribution in [0.2, 0.25) is 0 Å². The molecule has 0 bridgehead atoms. The monoisotopic (exact) mass is 457 g/mol. The molecule has 3 heterocycles. The number of aromatic nitrogens is 3. The molecular weight excluding hydrogens is 429 g/mol. The van der Waals surface area contributed by atoms with E-state index in [0.717, 1.165) is 40.4 Å². The molecule has 1 aliphatic heterocycles. The van der Waals surface area contributed by atoms with Crippen LogP contribution in [0.15, 0.2) is 72.9 Å². The predicted octanol–water partition coefficient (Wildman–Crippen LogP) is 5.39. The van der Waals surface area contributed by atoms with Crippen LogP contribution in [0.5, 0.6) is 0 Å². The van der Waals surface area contributed by atoms with Gasteiger partial charge in [0.05, 0.1) is 29.7 Å². The molecule has 0 fully saturated rings. The highest BCUT2D eigenvalue weighted by Crippen LogP contribution is 2.38. The number of rotatable bonds is 4. The van der Waals surface area contributed by atoms with Crippen molar-refractivity contribution in [1.29, 1.82) is 0 Å². The molecule has 6 nitrogen and oxygen atoms in total. The first kappa shape index (κ1) is 21.9. The zero-order valence-electron chi connectivity index (χ0n) is 19.6. The van der Waals surface area contributed by atoms with Crippen molar-refractivity contribution >= 4 is 6.03 Å². The zero-order chi connectivity index (χ0) is 23.8. The lowest BCUT2D eigenvalue weighted by Crippen LogP contribution is -2.44. The molecule has 174 valence electrons. The molecule has 0 saturated heterocycles. The summed E-state index contributed by atoms with van der Waals surface area (Å²) in [5.74, 6) is 0.579. The highest BCUT2D eigenvalue weighted by molar-refractivity contribution is 5.76. The van der Waals surface area contributed by atoms with Gasteiger partial charge in [-0.3, -0.25) is 0 Å². The number of nitrogens with one attached hydrogen (secondary N) is 1. The van der Waals surface area contributed by atoms with Gasteiger partial charge < -0.3 is 14.8 Å². The van der Waals surface area contributed by atoms with Crippen LogP contribution in [0.4, 0.5) is 9.18 Å². The van der Waals surface area contributed by atoms with Crippen LogP contribution in [0, 0.1) is 5.82 Å². The molecule has 4 aromatic rings. The van der Waals surface area contributed by atoms with Crippen molar-refractivity contribution in [2.75, 3.05) is 0 Å². The quantitative estimate of drug-likeness (QED) is 0.447. The number of aryl methyl sites for hydroxylation is 1. The van der Waals surface area contributed by atoms with Crippen LogP contribution < -0.4 is 5.32 Å². The highest BCUT2D eigenvalue weighted by Gasteiger charge is 2.36. The zero-order valence-corrected chi connectivity index (χ0v) is 19.6. The van der Waals surface area contributed by atoms with Gasteiger partial charge in [0, 0.05) is 17.8 Å². The van der Waals surface area contributed by atoms with E-state index in [1.165, 1.54) is 12.1 Å². The van der Waals surface area contributed by atoms with E-state index in [0.29, 0.717) is 6.54 Å². The lowest BCUT2D eigenvalue weighted by atomic mass is 10.0. The molecule has 0 unspecified atom stereocenters. The third-order valence-electron chi connectivity index (χ3n) is 6.14. The number of urea groups is 1. The van der Waals surface area contributed by atoms with Crippen LogP contribution in [0.1, 0.15) is 49.3 Å². The number of hydrogen-bond acceptors (Lipinski definition) is 2. The molecule has 1 N–H and O–H groups in total. The number of amides is 2. The molecule has 0 radical (unpaired) electrons. The van der Waals surface area contributed by atoms with Gasteiger partial charge in [-0.05, 0) is 62.2 Å². The number of hydrogen-bond donors (Lipinski definition) is 1. The van der Waals surface area contributed by atoms with E-state index in [-0.39, 0.29) is 17.9 Å². The summed E-state index contributed by atoms with van der Waals surface area (Å²) in [7, 11) is 0. The topological polar surface area (TPSA) is 55.1 Å². The van der Waals surface area contributed by atoms with E-state index in [2.05, 4.69) is 16.8 Å². The van der Waals surface area contributed by atoms with Crippen molar-refractivity contribution in [3.8, 4) is 11.5 Å². The molecule has 5 rings (SSSR count). The summed E-state index contributed by atoms with van der Waals surface area (Å²) in [4.78, 5) is 15.3. The molecule has 2 aromatic heterocycles. The first-order chi connectivity index (χ1) is 16.5. The summed E-state index contributed by atoms with van der Waals surface area (Å²) >= 11 is 0. The van der Waals surface area contributed by atoms with Gasteiger partial charge >= 0.3 is 6.03 Å². The number of fused-ring (bicyclic) bond motifs is 3. The smallest absolute Gasteiger partial charge is 0.318 e. The predicted molar refractivity (Wildman–Crippen MR) is 130 cm³/mol. The molecule has 0 spiro atoms. The number of benzene rings is 2. The Morgan fingerprint density at radius 2 is 1.91 bits per heavy atom. The Kier molecular flexibility index (Phi) is 5.69. The molecule has 1 atom stereocenters. The number of para-hydroxylation sites is 1. The van der Waals surface area contributed by atoms with Crippen LogP contribution in [0.25, 0.3) is 11.5 Å². The Labute approximate surface area is 198 Å². The Hall–Kier alpha value is -3.87. The van der Waals surface area contributed by atoms with Crippen molar-refractivity contribution in [2.45, 2.75) is 45.8 Å². The van der Waals surface area contributed by atoms with Gasteiger partial charge in [0.1, 0.15) is 11.6 Å².